The van der Waals surface area contributed by atoms with Gasteiger partial charge in [-0.1, -0.05) is 24.9 Å². The maximum Gasteiger partial charge on any atom is 0.253 e. The molecular weight excluding hydrogens is 254 g/mol. The van der Waals surface area contributed by atoms with Crippen molar-refractivity contribution in [2.45, 2.75) is 44.0 Å². The Hall–Kier alpha value is -0.670. The largest absolute Gasteiger partial charge is 0.347 e. The van der Waals surface area contributed by atoms with Crippen LogP contribution in [0.4, 0.5) is 0 Å². The maximum absolute atomic E-state index is 12.1. The summed E-state index contributed by atoms with van der Waals surface area (Å²) < 4.78 is 0. The van der Waals surface area contributed by atoms with Crippen molar-refractivity contribution >= 4 is 30.1 Å². The number of benzene rings is 1. The molecule has 0 aliphatic rings. The van der Waals surface area contributed by atoms with Crippen LogP contribution in [0.15, 0.2) is 23.1 Å². The molecule has 0 aliphatic heterocycles. The first-order valence-electron chi connectivity index (χ1n) is 5.67. The van der Waals surface area contributed by atoms with E-state index in [1.165, 1.54) is 0 Å². The molecule has 94 valence electrons. The highest BCUT2D eigenvalue weighted by atomic mass is 35.5. The van der Waals surface area contributed by atoms with E-state index in [9.17, 15) is 4.79 Å². The average molecular weight is 272 g/mol. The maximum atomic E-state index is 12.1. The number of amides is 1. The second-order valence-electron chi connectivity index (χ2n) is 4.75. The Kier molecular flexibility index (Phi) is 4.90. The summed E-state index contributed by atoms with van der Waals surface area (Å²) in [4.78, 5) is 12.8. The van der Waals surface area contributed by atoms with E-state index >= 15 is 0 Å². The van der Waals surface area contributed by atoms with Crippen LogP contribution in [0, 0.1) is 0 Å². The summed E-state index contributed by atoms with van der Waals surface area (Å²) >= 11 is 10.2. The van der Waals surface area contributed by atoms with E-state index in [0.717, 1.165) is 17.7 Å². The van der Waals surface area contributed by atoms with Crippen LogP contribution in [0.2, 0.25) is 5.02 Å². The van der Waals surface area contributed by atoms with E-state index in [0.29, 0.717) is 10.6 Å². The third-order valence-corrected chi connectivity index (χ3v) is 3.13. The molecule has 0 aromatic heterocycles. The molecule has 4 heteroatoms. The summed E-state index contributed by atoms with van der Waals surface area (Å²) in [6.07, 6.45) is 1.95. The minimum absolute atomic E-state index is 0.149. The highest BCUT2D eigenvalue weighted by Crippen LogP contribution is 2.21. The quantitative estimate of drug-likeness (QED) is 0.798. The van der Waals surface area contributed by atoms with E-state index in [-0.39, 0.29) is 11.4 Å². The smallest absolute Gasteiger partial charge is 0.253 e. The Labute approximate surface area is 113 Å². The minimum atomic E-state index is -0.220. The highest BCUT2D eigenvalue weighted by molar-refractivity contribution is 7.80. The highest BCUT2D eigenvalue weighted by Gasteiger charge is 2.21. The monoisotopic (exact) mass is 271 g/mol. The van der Waals surface area contributed by atoms with Gasteiger partial charge in [0.2, 0.25) is 0 Å². The van der Waals surface area contributed by atoms with Crippen molar-refractivity contribution in [1.82, 2.24) is 5.32 Å². The second kappa shape index (κ2) is 5.78. The molecule has 0 spiro atoms. The normalized spacial score (nSPS) is 11.4. The molecule has 0 bridgehead atoms. The topological polar surface area (TPSA) is 29.1 Å². The van der Waals surface area contributed by atoms with E-state index in [1.54, 1.807) is 18.2 Å². The molecule has 0 radical (unpaired) electrons. The second-order valence-corrected chi connectivity index (χ2v) is 5.68. The number of carbonyl (C=O) groups is 1. The van der Waals surface area contributed by atoms with Crippen molar-refractivity contribution in [3.05, 3.63) is 28.8 Å². The van der Waals surface area contributed by atoms with E-state index in [2.05, 4.69) is 24.9 Å². The third-order valence-electron chi connectivity index (χ3n) is 2.52. The molecule has 1 rings (SSSR count). The summed E-state index contributed by atoms with van der Waals surface area (Å²) in [6, 6.07) is 5.13. The van der Waals surface area contributed by atoms with Gasteiger partial charge in [0, 0.05) is 10.4 Å². The SMILES string of the molecule is CCCC(C)(C)NC(=O)c1cc(S)ccc1Cl. The molecule has 0 aliphatic carbocycles. The third kappa shape index (κ3) is 4.25. The van der Waals surface area contributed by atoms with Crippen LogP contribution in [0.1, 0.15) is 44.0 Å². The van der Waals surface area contributed by atoms with Gasteiger partial charge in [-0.05, 0) is 38.5 Å². The Morgan fingerprint density at radius 3 is 2.71 bits per heavy atom. The summed E-state index contributed by atoms with van der Waals surface area (Å²) in [6.45, 7) is 6.11. The van der Waals surface area contributed by atoms with Crippen molar-refractivity contribution in [2.24, 2.45) is 0 Å². The van der Waals surface area contributed by atoms with Crippen molar-refractivity contribution in [1.29, 1.82) is 0 Å². The Morgan fingerprint density at radius 1 is 1.47 bits per heavy atom. The van der Waals surface area contributed by atoms with Crippen molar-refractivity contribution in [3.63, 3.8) is 0 Å². The number of hydrogen-bond donors (Lipinski definition) is 2. The zero-order valence-corrected chi connectivity index (χ0v) is 12.0. The molecule has 0 fully saturated rings. The molecule has 1 amide bonds. The van der Waals surface area contributed by atoms with Gasteiger partial charge in [-0.15, -0.1) is 12.6 Å². The van der Waals surface area contributed by atoms with Gasteiger partial charge in [0.25, 0.3) is 5.91 Å². The lowest BCUT2D eigenvalue weighted by molar-refractivity contribution is 0.0909. The molecule has 0 saturated heterocycles. The summed E-state index contributed by atoms with van der Waals surface area (Å²) in [5.41, 5.74) is 0.255. The average Bonchev–Trinajstić information content (AvgIpc) is 2.20. The number of nitrogens with one attached hydrogen (secondary N) is 1. The fourth-order valence-electron chi connectivity index (χ4n) is 1.75. The Bertz CT molecular complexity index is 418. The Balaban J connectivity index is 2.86. The lowest BCUT2D eigenvalue weighted by atomic mass is 9.98. The molecule has 0 unspecified atom stereocenters. The first-order valence-corrected chi connectivity index (χ1v) is 6.49. The summed E-state index contributed by atoms with van der Waals surface area (Å²) in [7, 11) is 0. The number of carbonyl (C=O) groups excluding carboxylic acids is 1. The van der Waals surface area contributed by atoms with Gasteiger partial charge < -0.3 is 5.32 Å². The summed E-state index contributed by atoms with van der Waals surface area (Å²) in [5, 5.41) is 3.44. The molecule has 1 aromatic rings. The van der Waals surface area contributed by atoms with E-state index in [4.69, 9.17) is 11.6 Å². The molecule has 1 aromatic carbocycles. The number of rotatable bonds is 4. The van der Waals surface area contributed by atoms with Gasteiger partial charge in [0.05, 0.1) is 10.6 Å². The predicted molar refractivity (Wildman–Crippen MR) is 75.2 cm³/mol. The minimum Gasteiger partial charge on any atom is -0.347 e. The predicted octanol–water partition coefficient (Wildman–Crippen LogP) is 3.94. The first kappa shape index (κ1) is 14.4. The number of thiol groups is 1. The number of hydrogen-bond acceptors (Lipinski definition) is 2. The van der Waals surface area contributed by atoms with E-state index < -0.39 is 0 Å². The zero-order chi connectivity index (χ0) is 13.1. The molecular formula is C13H18ClNOS. The molecule has 0 atom stereocenters. The lowest BCUT2D eigenvalue weighted by Crippen LogP contribution is -2.43. The zero-order valence-electron chi connectivity index (χ0n) is 10.4. The van der Waals surface area contributed by atoms with E-state index in [1.807, 2.05) is 13.8 Å². The van der Waals surface area contributed by atoms with Crippen LogP contribution in [0.5, 0.6) is 0 Å². The van der Waals surface area contributed by atoms with Gasteiger partial charge in [-0.25, -0.2) is 0 Å². The molecule has 0 saturated carbocycles. The first-order chi connectivity index (χ1) is 7.85. The van der Waals surface area contributed by atoms with Crippen molar-refractivity contribution in [3.8, 4) is 0 Å². The van der Waals surface area contributed by atoms with Crippen LogP contribution >= 0.6 is 24.2 Å². The standard InChI is InChI=1S/C13H18ClNOS/c1-4-7-13(2,3)15-12(16)10-8-9(17)5-6-11(10)14/h5-6,8,17H,4,7H2,1-3H3,(H,15,16). The van der Waals surface area contributed by atoms with Crippen LogP contribution in [-0.2, 0) is 0 Å². The molecule has 0 heterocycles. The molecule has 1 N–H and O–H groups in total. The lowest BCUT2D eigenvalue weighted by Gasteiger charge is -2.26. The van der Waals surface area contributed by atoms with Crippen LogP contribution in [-0.4, -0.2) is 11.4 Å². The van der Waals surface area contributed by atoms with Gasteiger partial charge in [-0.2, -0.15) is 0 Å². The van der Waals surface area contributed by atoms with Gasteiger partial charge in [0.1, 0.15) is 0 Å². The van der Waals surface area contributed by atoms with Gasteiger partial charge in [0.15, 0.2) is 0 Å². The molecule has 2 nitrogen and oxygen atoms in total. The number of halogens is 1. The molecule has 17 heavy (non-hydrogen) atoms. The van der Waals surface area contributed by atoms with Crippen LogP contribution < -0.4 is 5.32 Å². The fourth-order valence-corrected chi connectivity index (χ4v) is 2.16. The summed E-state index contributed by atoms with van der Waals surface area (Å²) in [5.74, 6) is -0.149. The van der Waals surface area contributed by atoms with Gasteiger partial charge >= 0.3 is 0 Å². The van der Waals surface area contributed by atoms with Crippen molar-refractivity contribution < 1.29 is 4.79 Å². The van der Waals surface area contributed by atoms with Crippen LogP contribution in [0.25, 0.3) is 0 Å². The Morgan fingerprint density at radius 2 is 2.12 bits per heavy atom. The van der Waals surface area contributed by atoms with Crippen LogP contribution in [0.3, 0.4) is 0 Å². The van der Waals surface area contributed by atoms with Crippen molar-refractivity contribution in [2.75, 3.05) is 0 Å². The fraction of sp³-hybridized carbons (Fsp3) is 0.462. The van der Waals surface area contributed by atoms with Gasteiger partial charge in [-0.3, -0.25) is 4.79 Å².